The molecule has 33 heteroatoms. The van der Waals surface area contributed by atoms with Crippen molar-refractivity contribution in [1.29, 1.82) is 0 Å². The zero-order valence-corrected chi connectivity index (χ0v) is 72.3. The van der Waals surface area contributed by atoms with Crippen LogP contribution < -0.4 is 65.9 Å². The van der Waals surface area contributed by atoms with Crippen LogP contribution in [-0.4, -0.2) is 176 Å². The minimum absolute atomic E-state index is 0.0894. The zero-order chi connectivity index (χ0) is 86.0. The Labute approximate surface area is 726 Å². The number of anilines is 13. The number of hydroxylamine groups is 4. The van der Waals surface area contributed by atoms with Crippen molar-refractivity contribution in [3.8, 4) is 17.2 Å². The third-order valence-electron chi connectivity index (χ3n) is 20.2. The fourth-order valence-corrected chi connectivity index (χ4v) is 14.4. The zero-order valence-electron chi connectivity index (χ0n) is 70.1. The van der Waals surface area contributed by atoms with Crippen molar-refractivity contribution in [3.05, 3.63) is 274 Å². The van der Waals surface area contributed by atoms with E-state index in [0.717, 1.165) is 91.7 Å². The number of nitrogens with zero attached hydrogens (tertiary/aromatic N) is 18. The molecule has 0 radical (unpaired) electrons. The van der Waals surface area contributed by atoms with Crippen molar-refractivity contribution in [3.63, 3.8) is 0 Å². The number of nitrogens with two attached hydrogens (primary N) is 1. The molecule has 5 aromatic heterocycles. The number of aryl methyl sites for hydroxylation is 2. The number of benzene rings is 7. The molecule has 12 aromatic rings. The van der Waals surface area contributed by atoms with Crippen molar-refractivity contribution in [2.75, 3.05) is 168 Å². The van der Waals surface area contributed by atoms with Gasteiger partial charge in [-0.15, -0.1) is 0 Å². The smallest absolute Gasteiger partial charge is 0.158 e. The van der Waals surface area contributed by atoms with Gasteiger partial charge < -0.3 is 55.5 Å². The van der Waals surface area contributed by atoms with Crippen LogP contribution in [0.3, 0.4) is 0 Å². The number of nitrogen functional groups attached to an aromatic ring is 1. The van der Waals surface area contributed by atoms with Gasteiger partial charge in [-0.25, -0.2) is 74.5 Å². The quantitative estimate of drug-likeness (QED) is 0.0305. The number of halogens is 4. The van der Waals surface area contributed by atoms with E-state index in [2.05, 4.69) is 200 Å². The van der Waals surface area contributed by atoms with Gasteiger partial charge in [0, 0.05) is 120 Å². The van der Waals surface area contributed by atoms with Gasteiger partial charge in [0.2, 0.25) is 0 Å². The molecule has 4 aliphatic rings. The van der Waals surface area contributed by atoms with E-state index in [9.17, 15) is 4.39 Å². The summed E-state index contributed by atoms with van der Waals surface area (Å²) in [6.07, 6.45) is 10.9. The average Bonchev–Trinajstić information content (AvgIpc) is 0.861. The van der Waals surface area contributed by atoms with Crippen LogP contribution in [0.25, 0.3) is 0 Å². The largest absolute Gasteiger partial charge is 0.494 e. The van der Waals surface area contributed by atoms with Crippen molar-refractivity contribution in [1.82, 2.24) is 59.6 Å². The van der Waals surface area contributed by atoms with E-state index in [1.165, 1.54) is 66.8 Å². The van der Waals surface area contributed by atoms with Gasteiger partial charge in [0.1, 0.15) is 87.6 Å². The van der Waals surface area contributed by atoms with Crippen LogP contribution in [-0.2, 0) is 19.4 Å². The average molecular weight is 1720 g/mol. The van der Waals surface area contributed by atoms with Crippen LogP contribution in [0, 0.1) is 19.7 Å². The summed E-state index contributed by atoms with van der Waals surface area (Å²) >= 11 is 16.7. The van der Waals surface area contributed by atoms with Gasteiger partial charge >= 0.3 is 0 Å². The highest BCUT2D eigenvalue weighted by atomic mass is 35.5. The van der Waals surface area contributed by atoms with Crippen molar-refractivity contribution in [2.45, 2.75) is 63.7 Å². The lowest BCUT2D eigenvalue weighted by Crippen LogP contribution is -2.29. The molecule has 9 heterocycles. The summed E-state index contributed by atoms with van der Waals surface area (Å²) in [5, 5.41) is 18.4. The Morgan fingerprint density at radius 2 is 0.680 bits per heavy atom. The Morgan fingerprint density at radius 3 is 1.02 bits per heavy atom. The summed E-state index contributed by atoms with van der Waals surface area (Å²) in [7, 11) is 17.2. The Kier molecular flexibility index (Phi) is 32.1. The van der Waals surface area contributed by atoms with Crippen LogP contribution in [0.2, 0.25) is 15.5 Å². The summed E-state index contributed by atoms with van der Waals surface area (Å²) in [5.74, 6) is 6.16. The van der Waals surface area contributed by atoms with Gasteiger partial charge in [0.25, 0.3) is 0 Å². The third kappa shape index (κ3) is 24.2. The molecule has 0 unspecified atom stereocenters. The van der Waals surface area contributed by atoms with E-state index in [0.29, 0.717) is 105 Å². The van der Waals surface area contributed by atoms with Crippen LogP contribution in [0.1, 0.15) is 83.2 Å². The third-order valence-corrected chi connectivity index (χ3v) is 20.8. The van der Waals surface area contributed by atoms with Crippen molar-refractivity contribution < 1.29 is 38.0 Å². The second kappa shape index (κ2) is 43.9. The van der Waals surface area contributed by atoms with E-state index in [1.807, 2.05) is 112 Å². The fraction of sp³-hybridized carbons (Fsp3) is 0.303. The van der Waals surface area contributed by atoms with Crippen molar-refractivity contribution in [2.24, 2.45) is 0 Å². The van der Waals surface area contributed by atoms with Gasteiger partial charge in [-0.3, -0.25) is 19.4 Å². The molecule has 0 bridgehead atoms. The number of methoxy groups -OCH3 is 3. The van der Waals surface area contributed by atoms with Crippen LogP contribution in [0.5, 0.6) is 17.2 Å². The van der Waals surface area contributed by atoms with Gasteiger partial charge in [0.15, 0.2) is 23.3 Å². The predicted molar refractivity (Wildman–Crippen MR) is 480 cm³/mol. The highest BCUT2D eigenvalue weighted by molar-refractivity contribution is 6.33. The molecule has 0 aliphatic carbocycles. The Balaban J connectivity index is 0.000000147. The number of rotatable bonds is 25. The molecular weight excluding hydrogens is 1610 g/mol. The first-order chi connectivity index (χ1) is 59.2. The maximum absolute atomic E-state index is 13.8. The lowest BCUT2D eigenvalue weighted by Gasteiger charge is -2.25. The maximum atomic E-state index is 13.8. The molecule has 4 fully saturated rings. The molecule has 7 aromatic carbocycles. The molecule has 638 valence electrons. The molecule has 5 N–H and O–H groups in total. The van der Waals surface area contributed by atoms with Crippen LogP contribution in [0.4, 0.5) is 79.2 Å². The molecular formula is C89H102Cl3FN22O7. The minimum Gasteiger partial charge on any atom is -0.494 e. The van der Waals surface area contributed by atoms with E-state index < -0.39 is 0 Å². The molecule has 29 nitrogen and oxygen atoms in total. The van der Waals surface area contributed by atoms with E-state index in [-0.39, 0.29) is 30.0 Å². The molecule has 16 rings (SSSR count). The van der Waals surface area contributed by atoms with E-state index >= 15 is 0 Å². The summed E-state index contributed by atoms with van der Waals surface area (Å²) < 4.78 is 30.5. The van der Waals surface area contributed by atoms with Gasteiger partial charge in [-0.1, -0.05) is 156 Å². The first kappa shape index (κ1) is 89.2. The molecule has 4 aliphatic heterocycles. The molecule has 4 saturated heterocycles. The summed E-state index contributed by atoms with van der Waals surface area (Å²) in [4.78, 5) is 73.7. The first-order valence-electron chi connectivity index (χ1n) is 39.7. The summed E-state index contributed by atoms with van der Waals surface area (Å²) in [5.41, 5.74) is 17.8. The lowest BCUT2D eigenvalue weighted by atomic mass is 10.0. The topological polar surface area (TPSA) is 282 Å². The normalized spacial score (nSPS) is 15.8. The molecule has 0 spiro atoms. The van der Waals surface area contributed by atoms with Gasteiger partial charge in [-0.05, 0) is 93.6 Å². The SMILES string of the molecule is COc1cc(F)c(C)cc1Nc1cc(N2OCC[C@@H]2c2ccccc2)ncn1.COc1cc(N(C)CCN(C)C)c(C)cc1Nc1cc(N2OCC[C@@H]2c2ccccc2)ncn1.COc1cc(N(C)CCN(C)C)c(N)cc1Nc1cc(N2OCC[C@@H]2c2ccccc2)ncn1.Clc1cc(Cl)ncn1.Clc1cc(N2OCC[C@@H]2c2ccccc2)ncn1. The monoisotopic (exact) mass is 1710 g/mol. The van der Waals surface area contributed by atoms with Crippen molar-refractivity contribution >= 4 is 110 Å². The Bertz CT molecular complexity index is 5120. The highest BCUT2D eigenvalue weighted by Gasteiger charge is 2.34. The summed E-state index contributed by atoms with van der Waals surface area (Å²) in [6, 6.07) is 61.4. The Hall–Kier alpha value is -12.1. The second-order valence-electron chi connectivity index (χ2n) is 29.2. The molecule has 0 amide bonds. The fourth-order valence-electron chi connectivity index (χ4n) is 13.9. The number of aromatic nitrogens is 10. The van der Waals surface area contributed by atoms with Gasteiger partial charge in [0.05, 0.1) is 100 Å². The number of hydrogen-bond acceptors (Lipinski definition) is 29. The second-order valence-corrected chi connectivity index (χ2v) is 30.4. The number of likely N-dealkylation sites (N-methyl/N-ethyl adjacent to an activating group) is 4. The molecule has 0 saturated carbocycles. The number of nitrogens with one attached hydrogen (secondary N) is 3. The maximum Gasteiger partial charge on any atom is 0.158 e. The van der Waals surface area contributed by atoms with E-state index in [4.69, 9.17) is 74.1 Å². The summed E-state index contributed by atoms with van der Waals surface area (Å²) in [6.45, 7) is 10.1. The minimum atomic E-state index is -0.318. The molecule has 122 heavy (non-hydrogen) atoms. The van der Waals surface area contributed by atoms with Crippen LogP contribution in [0.15, 0.2) is 220 Å². The first-order valence-corrected chi connectivity index (χ1v) is 40.8. The lowest BCUT2D eigenvalue weighted by molar-refractivity contribution is 0.156. The predicted octanol–water partition coefficient (Wildman–Crippen LogP) is 17.5. The Morgan fingerprint density at radius 1 is 0.377 bits per heavy atom. The highest BCUT2D eigenvalue weighted by Crippen LogP contribution is 2.43. The van der Waals surface area contributed by atoms with Gasteiger partial charge in [-0.2, -0.15) is 0 Å². The van der Waals surface area contributed by atoms with E-state index in [1.54, 1.807) is 45.7 Å². The number of ether oxygens (including phenoxy) is 3. The number of hydrogen-bond donors (Lipinski definition) is 4. The molecule has 4 atom stereocenters. The van der Waals surface area contributed by atoms with Crippen LogP contribution >= 0.6 is 34.8 Å². The standard InChI is InChI=1S/C26H34N6O2.C25H33N7O2.C21H21FN4O2.C13H12ClN3O.C4H2Cl2N2/c1-19-15-21(24(33-5)16-23(19)31(4)13-12-30(2)3)29-25-17-26(28-18-27-25)32-22(11-14-34-32)20-9-7-6-8-10-20;1-30(2)11-12-31(3)22-15-23(33-4)20(14-19(22)26)29-24-16-25(28-17-27-24)32-21(10-13-34-32)18-8-6-5-7-9-18;1-14-10-17(19(27-2)11-16(14)22)25-20-12-21(24-13-23-20)26-18(8-9-28-26)15-6-4-3-5-7-15;14-12-8-13(16-9-15-12)17-11(6-7-18-17)10-4-2-1-3-5-10;5-3-1-4(6)8-2-7-3/h6-10,15-18,22H,11-14H2,1-5H3,(H,27,28,29);5-9,14-17,21H,10-13,26H2,1-4H3,(H,27,28,29);3-7,10-13,18H,8-9H2,1-2H3,(H,23,24,25);1-5,8-9,11H,6-7H2;1-2H/t22-;21-;18-;11-;/m1111./s1.